The molecule has 6 heteroatoms. The van der Waals surface area contributed by atoms with Crippen molar-refractivity contribution in [2.75, 3.05) is 13.2 Å². The van der Waals surface area contributed by atoms with Gasteiger partial charge in [0.05, 0.1) is 24.0 Å². The van der Waals surface area contributed by atoms with Gasteiger partial charge in [0.1, 0.15) is 12.4 Å². The van der Waals surface area contributed by atoms with Crippen LogP contribution in [0.2, 0.25) is 0 Å². The number of hydrogen-bond donors (Lipinski definition) is 2. The lowest BCUT2D eigenvalue weighted by molar-refractivity contribution is 0.0539. The molecule has 1 rings (SSSR count). The third-order valence-electron chi connectivity index (χ3n) is 2.47. The van der Waals surface area contributed by atoms with E-state index >= 15 is 0 Å². The lowest BCUT2D eigenvalue weighted by Crippen LogP contribution is -2.19. The van der Waals surface area contributed by atoms with Gasteiger partial charge in [-0.1, -0.05) is 0 Å². The Morgan fingerprint density at radius 1 is 1.28 bits per heavy atom. The predicted octanol–water partition coefficient (Wildman–Crippen LogP) is 1.18. The topological polar surface area (TPSA) is 94.1 Å². The number of nitrogen functional groups attached to an aromatic ring is 1. The van der Waals surface area contributed by atoms with E-state index in [1.54, 1.807) is 0 Å². The first-order chi connectivity index (χ1) is 8.43. The van der Waals surface area contributed by atoms with Crippen molar-refractivity contribution in [1.82, 2.24) is 10.2 Å². The minimum atomic E-state index is -0.0646. The minimum absolute atomic E-state index is 0.0646. The lowest BCUT2D eigenvalue weighted by atomic mass is 10.1. The number of ether oxygens (including phenoxy) is 2. The van der Waals surface area contributed by atoms with E-state index in [-0.39, 0.29) is 17.8 Å². The van der Waals surface area contributed by atoms with Crippen molar-refractivity contribution in [3.63, 3.8) is 0 Å². The van der Waals surface area contributed by atoms with E-state index in [2.05, 4.69) is 10.2 Å². The largest absolute Gasteiger partial charge is 0.474 e. The second-order valence-electron chi connectivity index (χ2n) is 4.27. The Morgan fingerprint density at radius 2 is 1.94 bits per heavy atom. The number of nitrogens with one attached hydrogen (secondary N) is 1. The van der Waals surface area contributed by atoms with E-state index in [0.717, 1.165) is 11.3 Å². The van der Waals surface area contributed by atoms with Gasteiger partial charge in [0.25, 0.3) is 0 Å². The van der Waals surface area contributed by atoms with Gasteiger partial charge < -0.3 is 15.2 Å². The molecule has 0 aliphatic rings. The summed E-state index contributed by atoms with van der Waals surface area (Å²) < 4.78 is 10.8. The average Bonchev–Trinajstić information content (AvgIpc) is 2.28. The molecule has 0 aliphatic heterocycles. The molecule has 0 unspecified atom stereocenters. The fourth-order valence-corrected chi connectivity index (χ4v) is 1.43. The van der Waals surface area contributed by atoms with Gasteiger partial charge in [-0.25, -0.2) is 0 Å². The SMILES string of the molecule is Cc1nnc(OCCOC(C)C)c(C(=N)N)c1C. The Hall–Kier alpha value is -1.69. The Bertz CT molecular complexity index is 432. The van der Waals surface area contributed by atoms with Crippen LogP contribution < -0.4 is 10.5 Å². The maximum Gasteiger partial charge on any atom is 0.244 e. The molecule has 1 heterocycles. The van der Waals surface area contributed by atoms with Crippen LogP contribution in [0.3, 0.4) is 0 Å². The first-order valence-corrected chi connectivity index (χ1v) is 5.86. The molecule has 0 saturated heterocycles. The second kappa shape index (κ2) is 6.30. The maximum absolute atomic E-state index is 7.56. The van der Waals surface area contributed by atoms with Crippen molar-refractivity contribution >= 4 is 5.84 Å². The Morgan fingerprint density at radius 3 is 2.50 bits per heavy atom. The first-order valence-electron chi connectivity index (χ1n) is 5.86. The maximum atomic E-state index is 7.56. The van der Waals surface area contributed by atoms with E-state index in [9.17, 15) is 0 Å². The van der Waals surface area contributed by atoms with Crippen molar-refractivity contribution < 1.29 is 9.47 Å². The summed E-state index contributed by atoms with van der Waals surface area (Å²) in [6, 6.07) is 0. The Kier molecular flexibility index (Phi) is 5.03. The zero-order valence-electron chi connectivity index (χ0n) is 11.3. The molecular formula is C12H20N4O2. The van der Waals surface area contributed by atoms with Gasteiger partial charge in [-0.3, -0.25) is 5.41 Å². The van der Waals surface area contributed by atoms with Crippen LogP contribution >= 0.6 is 0 Å². The van der Waals surface area contributed by atoms with Gasteiger partial charge in [0, 0.05) is 0 Å². The van der Waals surface area contributed by atoms with E-state index in [1.807, 2.05) is 27.7 Å². The van der Waals surface area contributed by atoms with Gasteiger partial charge in [0.2, 0.25) is 5.88 Å². The zero-order valence-corrected chi connectivity index (χ0v) is 11.3. The summed E-state index contributed by atoms with van der Waals surface area (Å²) in [4.78, 5) is 0. The number of aryl methyl sites for hydroxylation is 1. The van der Waals surface area contributed by atoms with Crippen LogP contribution in [0, 0.1) is 19.3 Å². The molecule has 0 aliphatic carbocycles. The number of nitrogens with two attached hydrogens (primary N) is 1. The van der Waals surface area contributed by atoms with Crippen LogP contribution in [-0.4, -0.2) is 35.4 Å². The number of nitrogens with zero attached hydrogens (tertiary/aromatic N) is 2. The fraction of sp³-hybridized carbons (Fsp3) is 0.583. The first kappa shape index (κ1) is 14.4. The lowest BCUT2D eigenvalue weighted by Gasteiger charge is -2.13. The molecule has 100 valence electrons. The van der Waals surface area contributed by atoms with Crippen LogP contribution in [0.15, 0.2) is 0 Å². The van der Waals surface area contributed by atoms with Crippen molar-refractivity contribution in [2.24, 2.45) is 5.73 Å². The quantitative estimate of drug-likeness (QED) is 0.450. The highest BCUT2D eigenvalue weighted by atomic mass is 16.5. The molecule has 0 fully saturated rings. The Balaban J connectivity index is 2.76. The van der Waals surface area contributed by atoms with E-state index in [4.69, 9.17) is 20.6 Å². The molecule has 0 bridgehead atoms. The van der Waals surface area contributed by atoms with E-state index in [1.165, 1.54) is 0 Å². The number of amidine groups is 1. The van der Waals surface area contributed by atoms with Crippen LogP contribution in [0.4, 0.5) is 0 Å². The Labute approximate surface area is 107 Å². The highest BCUT2D eigenvalue weighted by Gasteiger charge is 2.14. The summed E-state index contributed by atoms with van der Waals surface area (Å²) in [5, 5.41) is 15.5. The minimum Gasteiger partial charge on any atom is -0.474 e. The highest BCUT2D eigenvalue weighted by Crippen LogP contribution is 2.19. The molecule has 0 spiro atoms. The van der Waals surface area contributed by atoms with Gasteiger partial charge in [0.15, 0.2) is 0 Å². The summed E-state index contributed by atoms with van der Waals surface area (Å²) in [5.74, 6) is 0.225. The molecule has 0 atom stereocenters. The predicted molar refractivity (Wildman–Crippen MR) is 69.1 cm³/mol. The third-order valence-corrected chi connectivity index (χ3v) is 2.47. The molecule has 0 saturated carbocycles. The highest BCUT2D eigenvalue weighted by molar-refractivity contribution is 5.98. The van der Waals surface area contributed by atoms with Crippen LogP contribution in [0.25, 0.3) is 0 Å². The van der Waals surface area contributed by atoms with Crippen molar-refractivity contribution in [3.8, 4) is 5.88 Å². The number of aromatic nitrogens is 2. The van der Waals surface area contributed by atoms with E-state index in [0.29, 0.717) is 18.8 Å². The van der Waals surface area contributed by atoms with Crippen molar-refractivity contribution in [1.29, 1.82) is 5.41 Å². The number of hydrogen-bond acceptors (Lipinski definition) is 5. The van der Waals surface area contributed by atoms with Gasteiger partial charge in [-0.15, -0.1) is 5.10 Å². The van der Waals surface area contributed by atoms with E-state index < -0.39 is 0 Å². The zero-order chi connectivity index (χ0) is 13.7. The molecule has 0 radical (unpaired) electrons. The summed E-state index contributed by atoms with van der Waals surface area (Å²) in [5.41, 5.74) is 7.61. The smallest absolute Gasteiger partial charge is 0.244 e. The van der Waals surface area contributed by atoms with Gasteiger partial charge >= 0.3 is 0 Å². The van der Waals surface area contributed by atoms with Crippen LogP contribution in [0.5, 0.6) is 5.88 Å². The third kappa shape index (κ3) is 3.66. The number of rotatable bonds is 6. The van der Waals surface area contributed by atoms with Crippen molar-refractivity contribution in [2.45, 2.75) is 33.8 Å². The molecular weight excluding hydrogens is 232 g/mol. The molecule has 0 amide bonds. The van der Waals surface area contributed by atoms with Crippen LogP contribution in [0.1, 0.15) is 30.7 Å². The molecule has 0 aromatic carbocycles. The summed E-state index contributed by atoms with van der Waals surface area (Å²) in [7, 11) is 0. The molecule has 3 N–H and O–H groups in total. The van der Waals surface area contributed by atoms with Gasteiger partial charge in [-0.2, -0.15) is 5.10 Å². The van der Waals surface area contributed by atoms with Crippen LogP contribution in [-0.2, 0) is 4.74 Å². The second-order valence-corrected chi connectivity index (χ2v) is 4.27. The summed E-state index contributed by atoms with van der Waals surface area (Å²) >= 11 is 0. The normalized spacial score (nSPS) is 10.7. The van der Waals surface area contributed by atoms with Crippen molar-refractivity contribution in [3.05, 3.63) is 16.8 Å². The monoisotopic (exact) mass is 252 g/mol. The standard InChI is InChI=1S/C12H20N4O2/c1-7(2)17-5-6-18-12-10(11(13)14)8(3)9(4)15-16-12/h7H,5-6H2,1-4H3,(H3,13,14). The summed E-state index contributed by atoms with van der Waals surface area (Å²) in [6.45, 7) is 8.39. The molecule has 1 aromatic heterocycles. The summed E-state index contributed by atoms with van der Waals surface area (Å²) in [6.07, 6.45) is 0.159. The van der Waals surface area contributed by atoms with Gasteiger partial charge in [-0.05, 0) is 33.3 Å². The fourth-order valence-electron chi connectivity index (χ4n) is 1.43. The molecule has 6 nitrogen and oxygen atoms in total. The molecule has 18 heavy (non-hydrogen) atoms. The molecule has 1 aromatic rings. The average molecular weight is 252 g/mol.